The van der Waals surface area contributed by atoms with Gasteiger partial charge >= 0.3 is 0 Å². The van der Waals surface area contributed by atoms with Crippen LogP contribution in [0.5, 0.6) is 0 Å². The Morgan fingerprint density at radius 3 is 2.28 bits per heavy atom. The summed E-state index contributed by atoms with van der Waals surface area (Å²) in [4.78, 5) is 25.9. The number of ether oxygens (including phenoxy) is 1. The Hall–Kier alpha value is -2.94. The van der Waals surface area contributed by atoms with Crippen molar-refractivity contribution in [1.29, 1.82) is 0 Å². The van der Waals surface area contributed by atoms with Gasteiger partial charge in [0.2, 0.25) is 0 Å². The zero-order valence-corrected chi connectivity index (χ0v) is 13.9. The molecular weight excluding hydrogens is 312 g/mol. The van der Waals surface area contributed by atoms with Crippen molar-refractivity contribution in [1.82, 2.24) is 0 Å². The summed E-state index contributed by atoms with van der Waals surface area (Å²) < 4.78 is 5.54. The Morgan fingerprint density at radius 1 is 1.00 bits per heavy atom. The van der Waals surface area contributed by atoms with Crippen LogP contribution in [-0.4, -0.2) is 11.6 Å². The van der Waals surface area contributed by atoms with Gasteiger partial charge in [-0.2, -0.15) is 0 Å². The van der Waals surface area contributed by atoms with Gasteiger partial charge in [0.25, 0.3) is 0 Å². The number of Topliss-reactive ketones (excluding diaryl/α,β-unsaturated/α-hetero) is 2. The van der Waals surface area contributed by atoms with E-state index >= 15 is 0 Å². The Morgan fingerprint density at radius 2 is 1.64 bits per heavy atom. The summed E-state index contributed by atoms with van der Waals surface area (Å²) in [7, 11) is 0. The zero-order valence-electron chi connectivity index (χ0n) is 13.9. The summed E-state index contributed by atoms with van der Waals surface area (Å²) in [6.07, 6.45) is 9.73. The highest BCUT2D eigenvalue weighted by Gasteiger charge is 2.40. The second kappa shape index (κ2) is 6.17. The first-order valence-corrected chi connectivity index (χ1v) is 8.52. The van der Waals surface area contributed by atoms with E-state index in [1.54, 1.807) is 24.5 Å². The van der Waals surface area contributed by atoms with Crippen LogP contribution in [0, 0.1) is 11.8 Å². The average molecular weight is 330 g/mol. The van der Waals surface area contributed by atoms with Gasteiger partial charge in [-0.1, -0.05) is 37.3 Å². The van der Waals surface area contributed by atoms with Gasteiger partial charge in [0.05, 0.1) is 18.1 Å². The SMILES string of the molecule is CC/C=C/OC1=CC2C(=O)c3cc4ccccc4cc3C(=O)C2C=C1. The number of benzene rings is 2. The smallest absolute Gasteiger partial charge is 0.171 e. The summed E-state index contributed by atoms with van der Waals surface area (Å²) in [6.45, 7) is 2.02. The molecule has 2 aliphatic rings. The van der Waals surface area contributed by atoms with E-state index in [9.17, 15) is 9.59 Å². The third-order valence-corrected chi connectivity index (χ3v) is 4.76. The van der Waals surface area contributed by atoms with E-state index in [-0.39, 0.29) is 11.6 Å². The van der Waals surface area contributed by atoms with E-state index in [1.165, 1.54) is 0 Å². The standard InChI is InChI=1S/C22H18O3/c1-2-3-10-25-16-8-9-17-20(13-16)22(24)19-12-15-7-5-4-6-14(15)11-18(19)21(17)23/h3-13,17,20H,2H2,1H3/b10-3+. The van der Waals surface area contributed by atoms with Crippen LogP contribution in [-0.2, 0) is 4.74 Å². The van der Waals surface area contributed by atoms with Crippen molar-refractivity contribution in [2.45, 2.75) is 13.3 Å². The molecule has 0 heterocycles. The average Bonchev–Trinajstić information content (AvgIpc) is 2.65. The van der Waals surface area contributed by atoms with Crippen LogP contribution in [0.4, 0.5) is 0 Å². The molecule has 2 aliphatic carbocycles. The van der Waals surface area contributed by atoms with Crippen molar-refractivity contribution in [3.8, 4) is 0 Å². The molecule has 0 amide bonds. The minimum absolute atomic E-state index is 0.000929. The summed E-state index contributed by atoms with van der Waals surface area (Å²) >= 11 is 0. The Kier molecular flexibility index (Phi) is 3.85. The molecule has 3 nitrogen and oxygen atoms in total. The maximum absolute atomic E-state index is 13.0. The molecule has 0 radical (unpaired) electrons. The number of ketones is 2. The molecule has 2 unspecified atom stereocenters. The fourth-order valence-corrected chi connectivity index (χ4v) is 3.45. The van der Waals surface area contributed by atoms with E-state index in [1.807, 2.05) is 49.4 Å². The normalized spacial score (nSPS) is 22.0. The molecule has 0 spiro atoms. The van der Waals surface area contributed by atoms with E-state index in [0.29, 0.717) is 16.9 Å². The van der Waals surface area contributed by atoms with Gasteiger partial charge < -0.3 is 4.74 Å². The lowest BCUT2D eigenvalue weighted by Gasteiger charge is -2.29. The molecule has 0 N–H and O–H groups in total. The summed E-state index contributed by atoms with van der Waals surface area (Å²) in [5.74, 6) is -0.340. The second-order valence-corrected chi connectivity index (χ2v) is 6.35. The topological polar surface area (TPSA) is 43.4 Å². The number of hydrogen-bond acceptors (Lipinski definition) is 3. The highest BCUT2D eigenvalue weighted by molar-refractivity contribution is 6.19. The summed E-state index contributed by atoms with van der Waals surface area (Å²) in [6, 6.07) is 11.5. The van der Waals surface area contributed by atoms with Gasteiger partial charge in [0, 0.05) is 11.1 Å². The molecular formula is C22H18O3. The highest BCUT2D eigenvalue weighted by Crippen LogP contribution is 2.37. The van der Waals surface area contributed by atoms with Crippen molar-refractivity contribution in [3.63, 3.8) is 0 Å². The van der Waals surface area contributed by atoms with Crippen LogP contribution >= 0.6 is 0 Å². The Bertz CT molecular complexity index is 962. The van der Waals surface area contributed by atoms with Crippen molar-refractivity contribution >= 4 is 22.3 Å². The largest absolute Gasteiger partial charge is 0.466 e. The lowest BCUT2D eigenvalue weighted by molar-refractivity contribution is 0.0798. The highest BCUT2D eigenvalue weighted by atomic mass is 16.5. The molecule has 25 heavy (non-hydrogen) atoms. The fraction of sp³-hybridized carbons (Fsp3) is 0.182. The number of allylic oxidation sites excluding steroid dienone is 4. The predicted molar refractivity (Wildman–Crippen MR) is 97.3 cm³/mol. The molecule has 124 valence electrons. The Balaban J connectivity index is 1.76. The number of rotatable bonds is 3. The summed E-state index contributed by atoms with van der Waals surface area (Å²) in [5.41, 5.74) is 1.04. The van der Waals surface area contributed by atoms with Gasteiger partial charge in [0.1, 0.15) is 5.76 Å². The van der Waals surface area contributed by atoms with Gasteiger partial charge in [-0.3, -0.25) is 9.59 Å². The number of fused-ring (bicyclic) bond motifs is 3. The number of hydrogen-bond donors (Lipinski definition) is 0. The van der Waals surface area contributed by atoms with Gasteiger partial charge in [0.15, 0.2) is 11.6 Å². The molecule has 2 atom stereocenters. The van der Waals surface area contributed by atoms with Crippen LogP contribution in [0.3, 0.4) is 0 Å². The molecule has 0 bridgehead atoms. The van der Waals surface area contributed by atoms with E-state index < -0.39 is 11.8 Å². The molecule has 0 fully saturated rings. The van der Waals surface area contributed by atoms with E-state index in [2.05, 4.69) is 0 Å². The second-order valence-electron chi connectivity index (χ2n) is 6.35. The number of carbonyl (C=O) groups excluding carboxylic acids is 2. The maximum Gasteiger partial charge on any atom is 0.171 e. The molecule has 0 saturated heterocycles. The third kappa shape index (κ3) is 2.62. The predicted octanol–water partition coefficient (Wildman–Crippen LogP) is 4.85. The molecule has 3 heteroatoms. The van der Waals surface area contributed by atoms with E-state index in [0.717, 1.165) is 17.2 Å². The van der Waals surface area contributed by atoms with Gasteiger partial charge in [-0.25, -0.2) is 0 Å². The van der Waals surface area contributed by atoms with Crippen molar-refractivity contribution < 1.29 is 14.3 Å². The zero-order chi connectivity index (χ0) is 17.4. The molecule has 2 aromatic carbocycles. The van der Waals surface area contributed by atoms with Gasteiger partial charge in [-0.15, -0.1) is 0 Å². The quantitative estimate of drug-likeness (QED) is 0.756. The van der Waals surface area contributed by atoms with Crippen molar-refractivity contribution in [3.05, 3.63) is 83.9 Å². The third-order valence-electron chi connectivity index (χ3n) is 4.76. The van der Waals surface area contributed by atoms with Crippen LogP contribution in [0.15, 0.2) is 72.7 Å². The minimum atomic E-state index is -0.490. The molecule has 0 aliphatic heterocycles. The molecule has 0 saturated carbocycles. The fourth-order valence-electron chi connectivity index (χ4n) is 3.45. The lowest BCUT2D eigenvalue weighted by Crippen LogP contribution is -2.35. The molecule has 2 aromatic rings. The van der Waals surface area contributed by atoms with Crippen LogP contribution in [0.2, 0.25) is 0 Å². The Labute approximate surface area is 146 Å². The summed E-state index contributed by atoms with van der Waals surface area (Å²) in [5, 5.41) is 1.95. The van der Waals surface area contributed by atoms with Crippen molar-refractivity contribution in [2.75, 3.05) is 0 Å². The van der Waals surface area contributed by atoms with Crippen LogP contribution < -0.4 is 0 Å². The van der Waals surface area contributed by atoms with E-state index in [4.69, 9.17) is 4.74 Å². The molecule has 4 rings (SSSR count). The minimum Gasteiger partial charge on any atom is -0.466 e. The maximum atomic E-state index is 13.0. The molecule has 0 aromatic heterocycles. The van der Waals surface area contributed by atoms with Crippen LogP contribution in [0.1, 0.15) is 34.1 Å². The monoisotopic (exact) mass is 330 g/mol. The first-order chi connectivity index (χ1) is 12.2. The van der Waals surface area contributed by atoms with Crippen LogP contribution in [0.25, 0.3) is 10.8 Å². The number of carbonyl (C=O) groups is 2. The van der Waals surface area contributed by atoms with Gasteiger partial charge in [-0.05, 0) is 47.6 Å². The first-order valence-electron chi connectivity index (χ1n) is 8.52. The lowest BCUT2D eigenvalue weighted by atomic mass is 9.71. The first kappa shape index (κ1) is 15.6. The van der Waals surface area contributed by atoms with Crippen molar-refractivity contribution in [2.24, 2.45) is 11.8 Å².